The molecule has 2 N–H and O–H groups in total. The van der Waals surface area contributed by atoms with Crippen LogP contribution in [0.25, 0.3) is 5.76 Å². The molecule has 0 aromatic heterocycles. The maximum atomic E-state index is 12.9. The minimum absolute atomic E-state index is 0.00685. The summed E-state index contributed by atoms with van der Waals surface area (Å²) in [7, 11) is 0. The molecule has 0 unspecified atom stereocenters. The molecule has 2 aromatic carbocycles. The van der Waals surface area contributed by atoms with Crippen molar-refractivity contribution >= 4 is 40.7 Å². The van der Waals surface area contributed by atoms with Crippen molar-refractivity contribution in [2.75, 3.05) is 6.54 Å². The summed E-state index contributed by atoms with van der Waals surface area (Å²) in [6, 6.07) is 10.7. The molecule has 1 aliphatic rings. The Morgan fingerprint density at radius 2 is 1.70 bits per heavy atom. The molecule has 0 spiro atoms. The van der Waals surface area contributed by atoms with Crippen LogP contribution in [-0.2, 0) is 14.4 Å². The number of carbonyl (C=O) groups is 3. The lowest BCUT2D eigenvalue weighted by Gasteiger charge is -2.26. The number of non-ortho nitro benzene ring substituents is 1. The maximum absolute atomic E-state index is 12.9. The van der Waals surface area contributed by atoms with Crippen LogP contribution in [0.4, 0.5) is 5.69 Å². The van der Waals surface area contributed by atoms with E-state index in [-0.39, 0.29) is 29.8 Å². The van der Waals surface area contributed by atoms with Gasteiger partial charge in [-0.1, -0.05) is 36.2 Å². The van der Waals surface area contributed by atoms with Gasteiger partial charge in [0.05, 0.1) is 16.5 Å². The van der Waals surface area contributed by atoms with Gasteiger partial charge in [-0.2, -0.15) is 0 Å². The number of benzene rings is 2. The van der Waals surface area contributed by atoms with Gasteiger partial charge in [-0.15, -0.1) is 0 Å². The Balaban J connectivity index is 2.00. The molecular formula is C23H21ClN2O7. The first kappa shape index (κ1) is 23.9. The Labute approximate surface area is 194 Å². The van der Waals surface area contributed by atoms with Crippen molar-refractivity contribution in [2.45, 2.75) is 31.7 Å². The third kappa shape index (κ3) is 5.20. The molecule has 0 aliphatic carbocycles. The smallest absolute Gasteiger partial charge is 0.303 e. The predicted molar refractivity (Wildman–Crippen MR) is 120 cm³/mol. The van der Waals surface area contributed by atoms with Crippen molar-refractivity contribution in [3.63, 3.8) is 0 Å². The van der Waals surface area contributed by atoms with Crippen molar-refractivity contribution in [3.05, 3.63) is 80.4 Å². The van der Waals surface area contributed by atoms with Crippen LogP contribution >= 0.6 is 11.6 Å². The highest BCUT2D eigenvalue weighted by Crippen LogP contribution is 2.42. The predicted octanol–water partition coefficient (Wildman–Crippen LogP) is 4.31. The monoisotopic (exact) mass is 472 g/mol. The molecule has 1 heterocycles. The fourth-order valence-electron chi connectivity index (χ4n) is 3.76. The number of halogens is 1. The topological polar surface area (TPSA) is 138 Å². The molecule has 1 atom stereocenters. The van der Waals surface area contributed by atoms with Crippen molar-refractivity contribution in [3.8, 4) is 0 Å². The van der Waals surface area contributed by atoms with Gasteiger partial charge in [0, 0.05) is 35.7 Å². The van der Waals surface area contributed by atoms with E-state index in [0.717, 1.165) is 0 Å². The number of ketones is 1. The van der Waals surface area contributed by atoms with E-state index < -0.39 is 34.4 Å². The number of aliphatic hydroxyl groups excluding tert-OH is 1. The standard InChI is InChI=1S/C23H21ClN2O7/c24-17-7-4-3-6-16(17)20-19(21(29)14-9-11-15(12-10-14)26(32)33)22(30)23(31)25(20)13-5-1-2-8-18(27)28/h3-4,6-7,9-12,20,29H,1-2,5,8,13H2,(H,27,28)/t20-/m0/s1. The third-order valence-corrected chi connectivity index (χ3v) is 5.73. The number of carboxylic acid groups (broad SMARTS) is 1. The van der Waals surface area contributed by atoms with Gasteiger partial charge in [0.1, 0.15) is 5.76 Å². The molecule has 3 rings (SSSR count). The second kappa shape index (κ2) is 10.3. The van der Waals surface area contributed by atoms with Crippen molar-refractivity contribution < 1.29 is 29.5 Å². The lowest BCUT2D eigenvalue weighted by atomic mass is 9.95. The summed E-state index contributed by atoms with van der Waals surface area (Å²) in [6.45, 7) is 0.164. The zero-order valence-electron chi connectivity index (χ0n) is 17.4. The number of nitrogens with zero attached hydrogens (tertiary/aromatic N) is 2. The van der Waals surface area contributed by atoms with Gasteiger partial charge in [0.25, 0.3) is 17.4 Å². The molecule has 1 fully saturated rings. The number of rotatable bonds is 9. The van der Waals surface area contributed by atoms with Crippen molar-refractivity contribution in [1.82, 2.24) is 4.90 Å². The van der Waals surface area contributed by atoms with Crippen LogP contribution < -0.4 is 0 Å². The lowest BCUT2D eigenvalue weighted by molar-refractivity contribution is -0.384. The van der Waals surface area contributed by atoms with Gasteiger partial charge < -0.3 is 15.1 Å². The number of aliphatic hydroxyl groups is 1. The molecular weight excluding hydrogens is 452 g/mol. The second-order valence-electron chi connectivity index (χ2n) is 7.52. The summed E-state index contributed by atoms with van der Waals surface area (Å²) >= 11 is 6.36. The fraction of sp³-hybridized carbons (Fsp3) is 0.261. The Kier molecular flexibility index (Phi) is 7.44. The van der Waals surface area contributed by atoms with E-state index >= 15 is 0 Å². The Morgan fingerprint density at radius 1 is 1.03 bits per heavy atom. The number of unbranched alkanes of at least 4 members (excludes halogenated alkanes) is 2. The first-order valence-corrected chi connectivity index (χ1v) is 10.6. The Hall–Kier alpha value is -3.72. The van der Waals surface area contributed by atoms with E-state index in [0.29, 0.717) is 29.8 Å². The van der Waals surface area contributed by atoms with Gasteiger partial charge >= 0.3 is 5.97 Å². The molecule has 0 saturated carbocycles. The maximum Gasteiger partial charge on any atom is 0.303 e. The van der Waals surface area contributed by atoms with Gasteiger partial charge in [0.15, 0.2) is 0 Å². The van der Waals surface area contributed by atoms with Crippen molar-refractivity contribution in [1.29, 1.82) is 0 Å². The molecule has 0 radical (unpaired) electrons. The number of hydrogen-bond acceptors (Lipinski definition) is 6. The molecule has 33 heavy (non-hydrogen) atoms. The average Bonchev–Trinajstić information content (AvgIpc) is 3.03. The summed E-state index contributed by atoms with van der Waals surface area (Å²) in [6.07, 6.45) is 1.43. The zero-order valence-corrected chi connectivity index (χ0v) is 18.2. The minimum atomic E-state index is -0.951. The molecule has 10 heteroatoms. The van der Waals surface area contributed by atoms with Crippen LogP contribution in [0.5, 0.6) is 0 Å². The molecule has 1 amide bonds. The number of carboxylic acids is 1. The van der Waals surface area contributed by atoms with E-state index in [1.165, 1.54) is 29.2 Å². The summed E-state index contributed by atoms with van der Waals surface area (Å²) < 4.78 is 0. The number of amides is 1. The largest absolute Gasteiger partial charge is 0.507 e. The van der Waals surface area contributed by atoms with Crippen LogP contribution in [0.15, 0.2) is 54.1 Å². The lowest BCUT2D eigenvalue weighted by Crippen LogP contribution is -2.30. The summed E-state index contributed by atoms with van der Waals surface area (Å²) in [5.41, 5.74) is 0.257. The van der Waals surface area contributed by atoms with Crippen LogP contribution in [0.1, 0.15) is 42.9 Å². The fourth-order valence-corrected chi connectivity index (χ4v) is 4.00. The second-order valence-corrected chi connectivity index (χ2v) is 7.93. The normalized spacial score (nSPS) is 17.4. The summed E-state index contributed by atoms with van der Waals surface area (Å²) in [5.74, 6) is -3.06. The van der Waals surface area contributed by atoms with E-state index in [4.69, 9.17) is 16.7 Å². The molecule has 1 aliphatic heterocycles. The first-order chi connectivity index (χ1) is 15.7. The number of likely N-dealkylation sites (tertiary alicyclic amines) is 1. The van der Waals surface area contributed by atoms with Gasteiger partial charge in [-0.3, -0.25) is 24.5 Å². The highest BCUT2D eigenvalue weighted by molar-refractivity contribution is 6.47. The first-order valence-electron chi connectivity index (χ1n) is 10.2. The van der Waals surface area contributed by atoms with Crippen LogP contribution in [0.3, 0.4) is 0 Å². The molecule has 2 aromatic rings. The third-order valence-electron chi connectivity index (χ3n) is 5.38. The summed E-state index contributed by atoms with van der Waals surface area (Å²) in [5, 5.41) is 30.9. The molecule has 172 valence electrons. The van der Waals surface area contributed by atoms with Crippen LogP contribution in [0.2, 0.25) is 5.02 Å². The molecule has 0 bridgehead atoms. The van der Waals surface area contributed by atoms with Crippen LogP contribution in [0, 0.1) is 10.1 Å². The van der Waals surface area contributed by atoms with Crippen molar-refractivity contribution in [2.24, 2.45) is 0 Å². The average molecular weight is 473 g/mol. The van der Waals surface area contributed by atoms with E-state index in [9.17, 15) is 29.6 Å². The summed E-state index contributed by atoms with van der Waals surface area (Å²) in [4.78, 5) is 48.2. The Morgan fingerprint density at radius 3 is 2.30 bits per heavy atom. The number of hydrogen-bond donors (Lipinski definition) is 2. The van der Waals surface area contributed by atoms with Gasteiger partial charge in [-0.05, 0) is 36.6 Å². The number of aliphatic carboxylic acids is 1. The number of Topliss-reactive ketones (excluding diaryl/α,β-unsaturated/α-hetero) is 1. The molecule has 1 saturated heterocycles. The molecule has 9 nitrogen and oxygen atoms in total. The SMILES string of the molecule is O=C(O)CCCCCN1C(=O)C(=O)C(=C(O)c2ccc([N+](=O)[O-])cc2)[C@@H]1c1ccccc1Cl. The highest BCUT2D eigenvalue weighted by atomic mass is 35.5. The van der Waals surface area contributed by atoms with Gasteiger partial charge in [0.2, 0.25) is 0 Å². The van der Waals surface area contributed by atoms with E-state index in [2.05, 4.69) is 0 Å². The number of carbonyl (C=O) groups excluding carboxylic acids is 2. The quantitative estimate of drug-likeness (QED) is 0.138. The van der Waals surface area contributed by atoms with Gasteiger partial charge in [-0.25, -0.2) is 0 Å². The highest BCUT2D eigenvalue weighted by Gasteiger charge is 2.46. The minimum Gasteiger partial charge on any atom is -0.507 e. The number of nitro benzene ring substituents is 1. The Bertz CT molecular complexity index is 1130. The van der Waals surface area contributed by atoms with E-state index in [1.54, 1.807) is 24.3 Å². The zero-order chi connectivity index (χ0) is 24.1. The number of nitro groups is 1. The van der Waals surface area contributed by atoms with Crippen LogP contribution in [-0.4, -0.2) is 44.2 Å². The van der Waals surface area contributed by atoms with E-state index in [1.807, 2.05) is 0 Å².